The highest BCUT2D eigenvalue weighted by Gasteiger charge is 2.11. The predicted molar refractivity (Wildman–Crippen MR) is 73.3 cm³/mol. The molecular weight excluding hydrogens is 230 g/mol. The molecule has 0 radical (unpaired) electrons. The summed E-state index contributed by atoms with van der Waals surface area (Å²) in [4.78, 5) is 8.71. The van der Waals surface area contributed by atoms with Gasteiger partial charge in [0, 0.05) is 18.0 Å². The molecule has 0 spiro atoms. The Labute approximate surface area is 108 Å². The summed E-state index contributed by atoms with van der Waals surface area (Å²) < 4.78 is 0. The van der Waals surface area contributed by atoms with Crippen LogP contribution in [0.25, 0.3) is 0 Å². The van der Waals surface area contributed by atoms with E-state index in [4.69, 9.17) is 5.84 Å². The van der Waals surface area contributed by atoms with Gasteiger partial charge in [0.1, 0.15) is 17.5 Å². The van der Waals surface area contributed by atoms with Gasteiger partial charge >= 0.3 is 0 Å². The normalized spacial score (nSPS) is 14.4. The van der Waals surface area contributed by atoms with Crippen molar-refractivity contribution in [2.24, 2.45) is 5.84 Å². The number of rotatable bonds is 6. The molecule has 5 N–H and O–H groups in total. The quantitative estimate of drug-likeness (QED) is 0.453. The monoisotopic (exact) mass is 253 g/mol. The molecule has 102 valence electrons. The molecule has 0 amide bonds. The first-order chi connectivity index (χ1) is 8.42. The van der Waals surface area contributed by atoms with Gasteiger partial charge in [-0.2, -0.15) is 0 Å². The lowest BCUT2D eigenvalue weighted by Gasteiger charge is -2.17. The third-order valence-corrected chi connectivity index (χ3v) is 2.50. The summed E-state index contributed by atoms with van der Waals surface area (Å²) in [5.74, 6) is 7.65. The zero-order chi connectivity index (χ0) is 13.7. The van der Waals surface area contributed by atoms with Crippen LogP contribution in [0.1, 0.15) is 45.9 Å². The van der Waals surface area contributed by atoms with E-state index in [1.165, 1.54) is 0 Å². The Bertz CT molecular complexity index is 381. The van der Waals surface area contributed by atoms with E-state index in [1.54, 1.807) is 13.0 Å². The molecule has 1 aromatic rings. The van der Waals surface area contributed by atoms with Gasteiger partial charge in [0.05, 0.1) is 6.10 Å². The van der Waals surface area contributed by atoms with Crippen LogP contribution in [-0.2, 0) is 0 Å². The van der Waals surface area contributed by atoms with Crippen LogP contribution in [0.5, 0.6) is 0 Å². The van der Waals surface area contributed by atoms with Crippen LogP contribution >= 0.6 is 0 Å². The third-order valence-electron chi connectivity index (χ3n) is 2.50. The molecule has 1 aromatic heterocycles. The molecule has 0 saturated heterocycles. The van der Waals surface area contributed by atoms with E-state index in [-0.39, 0.29) is 18.1 Å². The van der Waals surface area contributed by atoms with Crippen LogP contribution in [0.3, 0.4) is 0 Å². The molecule has 0 aliphatic carbocycles. The molecule has 0 fully saturated rings. The highest BCUT2D eigenvalue weighted by molar-refractivity contribution is 5.47. The topological polar surface area (TPSA) is 96.1 Å². The van der Waals surface area contributed by atoms with Gasteiger partial charge in [0.25, 0.3) is 0 Å². The third kappa shape index (κ3) is 4.46. The molecule has 0 bridgehead atoms. The van der Waals surface area contributed by atoms with E-state index in [0.717, 1.165) is 11.6 Å². The maximum atomic E-state index is 9.34. The Morgan fingerprint density at radius 3 is 2.33 bits per heavy atom. The zero-order valence-corrected chi connectivity index (χ0v) is 11.4. The summed E-state index contributed by atoms with van der Waals surface area (Å²) in [5.41, 5.74) is 2.54. The second-order valence-corrected chi connectivity index (χ2v) is 4.93. The highest BCUT2D eigenvalue weighted by atomic mass is 16.3. The molecular formula is C12H23N5O. The van der Waals surface area contributed by atoms with Gasteiger partial charge in [-0.1, -0.05) is 13.8 Å². The maximum Gasteiger partial charge on any atom is 0.145 e. The minimum Gasteiger partial charge on any atom is -0.393 e. The van der Waals surface area contributed by atoms with Crippen LogP contribution < -0.4 is 16.6 Å². The minimum absolute atomic E-state index is 0.130. The van der Waals surface area contributed by atoms with Gasteiger partial charge < -0.3 is 15.8 Å². The molecule has 1 heterocycles. The Morgan fingerprint density at radius 1 is 1.22 bits per heavy atom. The van der Waals surface area contributed by atoms with Crippen LogP contribution in [-0.4, -0.2) is 27.2 Å². The maximum absolute atomic E-state index is 9.34. The van der Waals surface area contributed by atoms with Crippen molar-refractivity contribution in [3.8, 4) is 0 Å². The van der Waals surface area contributed by atoms with Crippen molar-refractivity contribution in [2.45, 2.75) is 52.2 Å². The van der Waals surface area contributed by atoms with Crippen molar-refractivity contribution < 1.29 is 5.11 Å². The van der Waals surface area contributed by atoms with Crippen molar-refractivity contribution in [1.82, 2.24) is 9.97 Å². The largest absolute Gasteiger partial charge is 0.393 e. The number of hydrazine groups is 1. The van der Waals surface area contributed by atoms with Crippen molar-refractivity contribution in [1.29, 1.82) is 0 Å². The van der Waals surface area contributed by atoms with Crippen LogP contribution in [0.4, 0.5) is 11.6 Å². The van der Waals surface area contributed by atoms with Crippen molar-refractivity contribution in [3.63, 3.8) is 0 Å². The molecule has 0 aliphatic rings. The highest BCUT2D eigenvalue weighted by Crippen LogP contribution is 2.17. The lowest BCUT2D eigenvalue weighted by Crippen LogP contribution is -2.22. The number of aliphatic hydroxyl groups excluding tert-OH is 1. The fourth-order valence-electron chi connectivity index (χ4n) is 1.69. The minimum atomic E-state index is -0.342. The molecule has 0 aliphatic heterocycles. The first-order valence-corrected chi connectivity index (χ1v) is 6.22. The first-order valence-electron chi connectivity index (χ1n) is 6.22. The SMILES string of the molecule is CC(O)CC(C)Nc1cc(NN)nc(C(C)C)n1. The van der Waals surface area contributed by atoms with Gasteiger partial charge in [-0.25, -0.2) is 15.8 Å². The van der Waals surface area contributed by atoms with Crippen molar-refractivity contribution >= 4 is 11.6 Å². The molecule has 1 rings (SSSR count). The van der Waals surface area contributed by atoms with Gasteiger partial charge in [-0.05, 0) is 20.3 Å². The van der Waals surface area contributed by atoms with Gasteiger partial charge in [-0.3, -0.25) is 0 Å². The van der Waals surface area contributed by atoms with Crippen LogP contribution in [0, 0.1) is 0 Å². The number of anilines is 2. The molecule has 6 nitrogen and oxygen atoms in total. The fraction of sp³-hybridized carbons (Fsp3) is 0.667. The summed E-state index contributed by atoms with van der Waals surface area (Å²) in [7, 11) is 0. The number of nitrogens with zero attached hydrogens (tertiary/aromatic N) is 2. The number of aromatic nitrogens is 2. The standard InChI is InChI=1S/C12H23N5O/c1-7(2)12-15-10(6-11(16-12)17-13)14-8(3)5-9(4)18/h6-9,18H,5,13H2,1-4H3,(H2,14,15,16,17). The molecule has 0 aromatic carbocycles. The Balaban J connectivity index is 2.84. The number of hydrogen-bond donors (Lipinski definition) is 4. The Morgan fingerprint density at radius 2 is 1.83 bits per heavy atom. The Hall–Kier alpha value is -1.40. The van der Waals surface area contributed by atoms with E-state index in [2.05, 4.69) is 20.7 Å². The van der Waals surface area contributed by atoms with Crippen LogP contribution in [0.15, 0.2) is 6.07 Å². The number of nitrogen functional groups attached to an aromatic ring is 1. The van der Waals surface area contributed by atoms with E-state index in [0.29, 0.717) is 12.2 Å². The van der Waals surface area contributed by atoms with Crippen molar-refractivity contribution in [2.75, 3.05) is 10.7 Å². The van der Waals surface area contributed by atoms with E-state index >= 15 is 0 Å². The lowest BCUT2D eigenvalue weighted by molar-refractivity contribution is 0.179. The summed E-state index contributed by atoms with van der Waals surface area (Å²) in [6.07, 6.45) is 0.317. The van der Waals surface area contributed by atoms with Gasteiger partial charge in [-0.15, -0.1) is 0 Å². The van der Waals surface area contributed by atoms with Gasteiger partial charge in [0.15, 0.2) is 0 Å². The average Bonchev–Trinajstić information content (AvgIpc) is 2.27. The van der Waals surface area contributed by atoms with Gasteiger partial charge in [0.2, 0.25) is 0 Å². The van der Waals surface area contributed by atoms with Crippen LogP contribution in [0.2, 0.25) is 0 Å². The van der Waals surface area contributed by atoms with E-state index in [9.17, 15) is 5.11 Å². The molecule has 2 unspecified atom stereocenters. The zero-order valence-electron chi connectivity index (χ0n) is 11.4. The number of nitrogens with one attached hydrogen (secondary N) is 2. The summed E-state index contributed by atoms with van der Waals surface area (Å²) in [6, 6.07) is 1.88. The smallest absolute Gasteiger partial charge is 0.145 e. The number of hydrogen-bond acceptors (Lipinski definition) is 6. The second kappa shape index (κ2) is 6.51. The second-order valence-electron chi connectivity index (χ2n) is 4.93. The molecule has 18 heavy (non-hydrogen) atoms. The predicted octanol–water partition coefficient (Wildman–Crippen LogP) is 1.46. The summed E-state index contributed by atoms with van der Waals surface area (Å²) >= 11 is 0. The molecule has 2 atom stereocenters. The van der Waals surface area contributed by atoms with Crippen molar-refractivity contribution in [3.05, 3.63) is 11.9 Å². The van der Waals surface area contributed by atoms with E-state index < -0.39 is 0 Å². The number of aliphatic hydroxyl groups is 1. The Kier molecular flexibility index (Phi) is 5.30. The molecule has 6 heteroatoms. The summed E-state index contributed by atoms with van der Waals surface area (Å²) in [5, 5.41) is 12.6. The van der Waals surface area contributed by atoms with E-state index in [1.807, 2.05) is 20.8 Å². The fourth-order valence-corrected chi connectivity index (χ4v) is 1.69. The first kappa shape index (κ1) is 14.7. The average molecular weight is 253 g/mol. The molecule has 0 saturated carbocycles. The summed E-state index contributed by atoms with van der Waals surface area (Å²) in [6.45, 7) is 7.82. The number of nitrogens with two attached hydrogens (primary N) is 1. The lowest BCUT2D eigenvalue weighted by atomic mass is 10.1.